The van der Waals surface area contributed by atoms with Gasteiger partial charge < -0.3 is 15.0 Å². The predicted octanol–water partition coefficient (Wildman–Crippen LogP) is 4.32. The summed E-state index contributed by atoms with van der Waals surface area (Å²) in [5.74, 6) is 0.560. The van der Waals surface area contributed by atoms with Gasteiger partial charge in [0, 0.05) is 36.1 Å². The zero-order valence-electron chi connectivity index (χ0n) is 19.0. The predicted molar refractivity (Wildman–Crippen MR) is 125 cm³/mol. The molecule has 166 valence electrons. The molecule has 1 atom stereocenters. The second kappa shape index (κ2) is 8.99. The van der Waals surface area contributed by atoms with E-state index in [1.807, 2.05) is 74.2 Å². The van der Waals surface area contributed by atoms with Crippen LogP contribution in [0.5, 0.6) is 5.75 Å². The highest BCUT2D eigenvalue weighted by molar-refractivity contribution is 6.06. The number of rotatable bonds is 5. The normalized spacial score (nSPS) is 15.9. The van der Waals surface area contributed by atoms with Crippen molar-refractivity contribution in [3.63, 3.8) is 0 Å². The van der Waals surface area contributed by atoms with Crippen LogP contribution >= 0.6 is 0 Å². The molecule has 2 aromatic carbocycles. The molecule has 1 aliphatic rings. The highest BCUT2D eigenvalue weighted by Gasteiger charge is 2.31. The number of para-hydroxylation sites is 2. The van der Waals surface area contributed by atoms with Crippen LogP contribution in [0.3, 0.4) is 0 Å². The number of carbonyl (C=O) groups is 2. The number of methoxy groups -OCH3 is 1. The van der Waals surface area contributed by atoms with E-state index in [0.29, 0.717) is 30.0 Å². The standard InChI is InChI=1S/C26H29N3O3/c1-16(2)27-25(30)21-14-23(28-22-11-6-5-9-19(21)22)18-12-13-29(15-18)26(31)20-10-7-8-17(3)24(20)32-4/h5-11,14,16,18H,12-13,15H2,1-4H3,(H,27,30). The number of hydrogen-bond donors (Lipinski definition) is 1. The molecule has 1 aliphatic heterocycles. The number of pyridine rings is 1. The van der Waals surface area contributed by atoms with Gasteiger partial charge in [-0.05, 0) is 51.0 Å². The molecule has 0 saturated carbocycles. The van der Waals surface area contributed by atoms with Gasteiger partial charge in [-0.3, -0.25) is 14.6 Å². The van der Waals surface area contributed by atoms with Crippen LogP contribution in [-0.2, 0) is 0 Å². The molecule has 4 rings (SSSR count). The van der Waals surface area contributed by atoms with Crippen LogP contribution in [-0.4, -0.2) is 47.9 Å². The van der Waals surface area contributed by atoms with Gasteiger partial charge in [-0.2, -0.15) is 0 Å². The summed E-state index contributed by atoms with van der Waals surface area (Å²) < 4.78 is 5.49. The molecule has 32 heavy (non-hydrogen) atoms. The second-order valence-corrected chi connectivity index (χ2v) is 8.63. The van der Waals surface area contributed by atoms with Gasteiger partial charge in [-0.15, -0.1) is 0 Å². The van der Waals surface area contributed by atoms with E-state index in [2.05, 4.69) is 5.32 Å². The number of nitrogens with one attached hydrogen (secondary N) is 1. The largest absolute Gasteiger partial charge is 0.496 e. The van der Waals surface area contributed by atoms with Crippen LogP contribution < -0.4 is 10.1 Å². The lowest BCUT2D eigenvalue weighted by Crippen LogP contribution is -2.30. The molecule has 1 N–H and O–H groups in total. The van der Waals surface area contributed by atoms with E-state index in [0.717, 1.165) is 28.6 Å². The van der Waals surface area contributed by atoms with E-state index in [9.17, 15) is 9.59 Å². The van der Waals surface area contributed by atoms with Crippen LogP contribution in [0, 0.1) is 6.92 Å². The molecule has 1 unspecified atom stereocenters. The van der Waals surface area contributed by atoms with E-state index >= 15 is 0 Å². The Labute approximate surface area is 188 Å². The summed E-state index contributed by atoms with van der Waals surface area (Å²) in [6.07, 6.45) is 0.802. The maximum absolute atomic E-state index is 13.2. The third-order valence-corrected chi connectivity index (χ3v) is 5.94. The fourth-order valence-corrected chi connectivity index (χ4v) is 4.38. The van der Waals surface area contributed by atoms with Gasteiger partial charge in [0.15, 0.2) is 0 Å². The van der Waals surface area contributed by atoms with Gasteiger partial charge in [0.05, 0.1) is 23.8 Å². The molecule has 0 radical (unpaired) electrons. The lowest BCUT2D eigenvalue weighted by atomic mass is 9.99. The summed E-state index contributed by atoms with van der Waals surface area (Å²) in [6.45, 7) is 7.03. The molecule has 6 nitrogen and oxygen atoms in total. The van der Waals surface area contributed by atoms with Crippen molar-refractivity contribution in [1.82, 2.24) is 15.2 Å². The van der Waals surface area contributed by atoms with Gasteiger partial charge in [0.25, 0.3) is 11.8 Å². The number of aromatic nitrogens is 1. The minimum Gasteiger partial charge on any atom is -0.496 e. The third-order valence-electron chi connectivity index (χ3n) is 5.94. The first-order valence-electron chi connectivity index (χ1n) is 11.0. The molecule has 1 fully saturated rings. The Kier molecular flexibility index (Phi) is 6.12. The number of amides is 2. The highest BCUT2D eigenvalue weighted by atomic mass is 16.5. The lowest BCUT2D eigenvalue weighted by Gasteiger charge is -2.19. The first-order valence-corrected chi connectivity index (χ1v) is 11.0. The van der Waals surface area contributed by atoms with Crippen molar-refractivity contribution in [3.8, 4) is 5.75 Å². The average molecular weight is 432 g/mol. The summed E-state index contributed by atoms with van der Waals surface area (Å²) in [7, 11) is 1.59. The maximum Gasteiger partial charge on any atom is 0.257 e. The van der Waals surface area contributed by atoms with Crippen LogP contribution in [0.15, 0.2) is 48.5 Å². The molecular formula is C26H29N3O3. The molecule has 0 bridgehead atoms. The molecule has 2 heterocycles. The Bertz CT molecular complexity index is 1170. The third kappa shape index (κ3) is 4.17. The number of hydrogen-bond acceptors (Lipinski definition) is 4. The summed E-state index contributed by atoms with van der Waals surface area (Å²) in [5.41, 5.74) is 3.79. The number of nitrogens with zero attached hydrogens (tertiary/aromatic N) is 2. The van der Waals surface area contributed by atoms with E-state index in [1.54, 1.807) is 7.11 Å². The van der Waals surface area contributed by atoms with Crippen molar-refractivity contribution in [2.24, 2.45) is 0 Å². The molecule has 2 amide bonds. The van der Waals surface area contributed by atoms with Crippen molar-refractivity contribution in [2.45, 2.75) is 39.2 Å². The number of ether oxygens (including phenoxy) is 1. The molecule has 0 aliphatic carbocycles. The Morgan fingerprint density at radius 1 is 1.12 bits per heavy atom. The summed E-state index contributed by atoms with van der Waals surface area (Å²) in [4.78, 5) is 32.8. The zero-order chi connectivity index (χ0) is 22.8. The molecular weight excluding hydrogens is 402 g/mol. The first-order chi connectivity index (χ1) is 15.4. The lowest BCUT2D eigenvalue weighted by molar-refractivity contribution is 0.0786. The summed E-state index contributed by atoms with van der Waals surface area (Å²) in [5, 5.41) is 3.83. The van der Waals surface area contributed by atoms with E-state index in [1.165, 1.54) is 0 Å². The average Bonchev–Trinajstić information content (AvgIpc) is 3.27. The van der Waals surface area contributed by atoms with Gasteiger partial charge in [0.2, 0.25) is 0 Å². The van der Waals surface area contributed by atoms with E-state index in [-0.39, 0.29) is 23.8 Å². The van der Waals surface area contributed by atoms with Crippen LogP contribution in [0.4, 0.5) is 0 Å². The first kappa shape index (κ1) is 21.8. The molecule has 6 heteroatoms. The molecule has 3 aromatic rings. The van der Waals surface area contributed by atoms with Crippen molar-refractivity contribution in [2.75, 3.05) is 20.2 Å². The van der Waals surface area contributed by atoms with Gasteiger partial charge >= 0.3 is 0 Å². The molecule has 0 spiro atoms. The van der Waals surface area contributed by atoms with Gasteiger partial charge in [0.1, 0.15) is 5.75 Å². The number of fused-ring (bicyclic) bond motifs is 1. The molecule has 1 aromatic heterocycles. The van der Waals surface area contributed by atoms with Crippen molar-refractivity contribution in [1.29, 1.82) is 0 Å². The zero-order valence-corrected chi connectivity index (χ0v) is 19.0. The molecule has 1 saturated heterocycles. The Balaban J connectivity index is 1.63. The maximum atomic E-state index is 13.2. The van der Waals surface area contributed by atoms with E-state index in [4.69, 9.17) is 9.72 Å². The fourth-order valence-electron chi connectivity index (χ4n) is 4.38. The van der Waals surface area contributed by atoms with Crippen molar-refractivity contribution >= 4 is 22.7 Å². The fraction of sp³-hybridized carbons (Fsp3) is 0.346. The topological polar surface area (TPSA) is 71.5 Å². The van der Waals surface area contributed by atoms with Crippen LogP contribution in [0.2, 0.25) is 0 Å². The minimum atomic E-state index is -0.102. The van der Waals surface area contributed by atoms with E-state index < -0.39 is 0 Å². The Morgan fingerprint density at radius 2 is 1.91 bits per heavy atom. The van der Waals surface area contributed by atoms with Crippen molar-refractivity contribution in [3.05, 3.63) is 70.9 Å². The number of aryl methyl sites for hydroxylation is 1. The van der Waals surface area contributed by atoms with Crippen LogP contribution in [0.25, 0.3) is 10.9 Å². The number of carbonyl (C=O) groups excluding carboxylic acids is 2. The number of likely N-dealkylation sites (tertiary alicyclic amines) is 1. The SMILES string of the molecule is COc1c(C)cccc1C(=O)N1CCC(c2cc(C(=O)NC(C)C)c3ccccc3n2)C1. The van der Waals surface area contributed by atoms with Crippen molar-refractivity contribution < 1.29 is 14.3 Å². The minimum absolute atomic E-state index is 0.0355. The highest BCUT2D eigenvalue weighted by Crippen LogP contribution is 2.32. The summed E-state index contributed by atoms with van der Waals surface area (Å²) in [6, 6.07) is 15.3. The summed E-state index contributed by atoms with van der Waals surface area (Å²) >= 11 is 0. The Hall–Kier alpha value is -3.41. The van der Waals surface area contributed by atoms with Gasteiger partial charge in [-0.25, -0.2) is 0 Å². The quantitative estimate of drug-likeness (QED) is 0.653. The monoisotopic (exact) mass is 431 g/mol. The Morgan fingerprint density at radius 3 is 2.66 bits per heavy atom. The number of benzene rings is 2. The second-order valence-electron chi connectivity index (χ2n) is 8.63. The van der Waals surface area contributed by atoms with Gasteiger partial charge in [-0.1, -0.05) is 30.3 Å². The smallest absolute Gasteiger partial charge is 0.257 e. The van der Waals surface area contributed by atoms with Crippen LogP contribution in [0.1, 0.15) is 58.2 Å².